The predicted octanol–water partition coefficient (Wildman–Crippen LogP) is 3.72. The molecule has 3 aromatic rings. The summed E-state index contributed by atoms with van der Waals surface area (Å²) in [6.45, 7) is 2.30. The molecule has 0 aromatic heterocycles. The molecule has 0 aliphatic carbocycles. The van der Waals surface area contributed by atoms with E-state index in [1.807, 2.05) is 60.7 Å². The van der Waals surface area contributed by atoms with Crippen molar-refractivity contribution in [1.82, 2.24) is 15.5 Å². The minimum absolute atomic E-state index is 0.315. The largest absolute Gasteiger partial charge is 0.490 e. The highest BCUT2D eigenvalue weighted by atomic mass is 16.5. The van der Waals surface area contributed by atoms with Gasteiger partial charge in [-0.1, -0.05) is 66.7 Å². The van der Waals surface area contributed by atoms with Gasteiger partial charge in [0, 0.05) is 6.42 Å². The van der Waals surface area contributed by atoms with Crippen molar-refractivity contribution in [3.63, 3.8) is 0 Å². The lowest BCUT2D eigenvalue weighted by molar-refractivity contribution is -0.135. The summed E-state index contributed by atoms with van der Waals surface area (Å²) in [5.74, 6) is 0.210. The summed E-state index contributed by atoms with van der Waals surface area (Å²) < 4.78 is 11.4. The molecule has 1 fully saturated rings. The third kappa shape index (κ3) is 5.14. The normalized spacial score (nSPS) is 19.6. The Morgan fingerprint density at radius 1 is 0.973 bits per heavy atom. The highest BCUT2D eigenvalue weighted by Crippen LogP contribution is 2.36. The van der Waals surface area contributed by atoms with Crippen molar-refractivity contribution in [3.05, 3.63) is 95.6 Å². The van der Waals surface area contributed by atoms with Crippen molar-refractivity contribution in [1.29, 1.82) is 0 Å². The molecule has 0 spiro atoms. The summed E-state index contributed by atoms with van der Waals surface area (Å²) in [4.78, 5) is 40.4. The van der Waals surface area contributed by atoms with Crippen LogP contribution in [-0.2, 0) is 21.5 Å². The van der Waals surface area contributed by atoms with Crippen molar-refractivity contribution in [2.75, 3.05) is 19.8 Å². The van der Waals surface area contributed by atoms with Gasteiger partial charge in [0.05, 0.1) is 19.3 Å². The van der Waals surface area contributed by atoms with Crippen molar-refractivity contribution in [2.24, 2.45) is 0 Å². The number of ether oxygens (including phenoxy) is 2. The maximum Gasteiger partial charge on any atom is 0.325 e. The first kappa shape index (κ1) is 24.4. The van der Waals surface area contributed by atoms with E-state index in [9.17, 15) is 14.4 Å². The molecule has 5 rings (SSSR count). The van der Waals surface area contributed by atoms with Crippen LogP contribution in [0.15, 0.2) is 78.9 Å². The van der Waals surface area contributed by atoms with Crippen LogP contribution in [0.4, 0.5) is 4.79 Å². The summed E-state index contributed by atoms with van der Waals surface area (Å²) >= 11 is 0. The Morgan fingerprint density at radius 2 is 1.65 bits per heavy atom. The Morgan fingerprint density at radius 3 is 2.38 bits per heavy atom. The maximum atomic E-state index is 13.4. The fourth-order valence-corrected chi connectivity index (χ4v) is 4.68. The molecule has 190 valence electrons. The lowest BCUT2D eigenvalue weighted by atomic mass is 9.91. The SMILES string of the molecule is C[C@@]1(c2ccc3c(c2)OCCCO3)NC(=O)N(CC(=O)N[C@H](Cc2ccccc2)c2ccccc2)C1=O. The number of imide groups is 1. The second-order valence-electron chi connectivity index (χ2n) is 9.38. The smallest absolute Gasteiger partial charge is 0.325 e. The number of nitrogens with zero attached hydrogens (tertiary/aromatic N) is 1. The molecular weight excluding hydrogens is 470 g/mol. The molecule has 37 heavy (non-hydrogen) atoms. The number of nitrogens with one attached hydrogen (secondary N) is 2. The number of carbonyl (C=O) groups excluding carboxylic acids is 3. The number of hydrogen-bond acceptors (Lipinski definition) is 5. The van der Waals surface area contributed by atoms with Crippen LogP contribution in [0.25, 0.3) is 0 Å². The highest BCUT2D eigenvalue weighted by molar-refractivity contribution is 6.09. The Hall–Kier alpha value is -4.33. The number of carbonyl (C=O) groups is 3. The second-order valence-corrected chi connectivity index (χ2v) is 9.38. The van der Waals surface area contributed by atoms with E-state index >= 15 is 0 Å². The average molecular weight is 500 g/mol. The van der Waals surface area contributed by atoms with Gasteiger partial charge in [0.15, 0.2) is 11.5 Å². The quantitative estimate of drug-likeness (QED) is 0.483. The number of amides is 4. The first-order valence-corrected chi connectivity index (χ1v) is 12.4. The Kier molecular flexibility index (Phi) is 6.81. The first-order valence-electron chi connectivity index (χ1n) is 12.4. The van der Waals surface area contributed by atoms with Crippen LogP contribution in [0, 0.1) is 0 Å². The fraction of sp³-hybridized carbons (Fsp3) is 0.276. The van der Waals surface area contributed by atoms with Crippen LogP contribution in [0.5, 0.6) is 11.5 Å². The molecule has 0 radical (unpaired) electrons. The maximum absolute atomic E-state index is 13.4. The lowest BCUT2D eigenvalue weighted by Crippen LogP contribution is -2.44. The van der Waals surface area contributed by atoms with Gasteiger partial charge in [-0.05, 0) is 42.2 Å². The molecule has 0 unspecified atom stereocenters. The van der Waals surface area contributed by atoms with Crippen molar-refractivity contribution >= 4 is 17.8 Å². The van der Waals surface area contributed by atoms with E-state index in [0.717, 1.165) is 22.4 Å². The van der Waals surface area contributed by atoms with Gasteiger partial charge >= 0.3 is 6.03 Å². The molecule has 8 heteroatoms. The predicted molar refractivity (Wildman–Crippen MR) is 137 cm³/mol. The van der Waals surface area contributed by atoms with Crippen molar-refractivity contribution < 1.29 is 23.9 Å². The topological polar surface area (TPSA) is 97.0 Å². The van der Waals surface area contributed by atoms with Crippen LogP contribution in [0.3, 0.4) is 0 Å². The van der Waals surface area contributed by atoms with E-state index in [4.69, 9.17) is 9.47 Å². The van der Waals surface area contributed by atoms with Gasteiger partial charge in [0.25, 0.3) is 5.91 Å². The summed E-state index contributed by atoms with van der Waals surface area (Å²) in [7, 11) is 0. The molecule has 2 aliphatic rings. The minimum Gasteiger partial charge on any atom is -0.490 e. The van der Waals surface area contributed by atoms with E-state index in [1.54, 1.807) is 25.1 Å². The summed E-state index contributed by atoms with van der Waals surface area (Å²) in [5.41, 5.74) is 1.23. The fourth-order valence-electron chi connectivity index (χ4n) is 4.68. The van der Waals surface area contributed by atoms with Crippen LogP contribution in [0.1, 0.15) is 36.1 Å². The van der Waals surface area contributed by atoms with Gasteiger partial charge in [-0.2, -0.15) is 0 Å². The van der Waals surface area contributed by atoms with E-state index in [1.165, 1.54) is 0 Å². The highest BCUT2D eigenvalue weighted by Gasteiger charge is 2.50. The number of benzene rings is 3. The van der Waals surface area contributed by atoms with Gasteiger partial charge in [0.2, 0.25) is 5.91 Å². The molecule has 0 bridgehead atoms. The molecular formula is C29H29N3O5. The van der Waals surface area contributed by atoms with Crippen LogP contribution >= 0.6 is 0 Å². The van der Waals surface area contributed by atoms with Gasteiger partial charge in [0.1, 0.15) is 12.1 Å². The summed E-state index contributed by atoms with van der Waals surface area (Å²) in [5, 5.41) is 5.78. The van der Waals surface area contributed by atoms with Crippen molar-refractivity contribution in [2.45, 2.75) is 31.3 Å². The number of urea groups is 1. The van der Waals surface area contributed by atoms with E-state index < -0.39 is 23.4 Å². The van der Waals surface area contributed by atoms with Gasteiger partial charge in [-0.15, -0.1) is 0 Å². The first-order chi connectivity index (χ1) is 17.9. The summed E-state index contributed by atoms with van der Waals surface area (Å²) in [6.07, 6.45) is 1.33. The lowest BCUT2D eigenvalue weighted by Gasteiger charge is -2.24. The van der Waals surface area contributed by atoms with Crippen LogP contribution < -0.4 is 20.1 Å². The molecule has 3 aromatic carbocycles. The van der Waals surface area contributed by atoms with E-state index in [0.29, 0.717) is 36.7 Å². The zero-order valence-electron chi connectivity index (χ0n) is 20.6. The van der Waals surface area contributed by atoms with Crippen LogP contribution in [0.2, 0.25) is 0 Å². The number of hydrogen-bond donors (Lipinski definition) is 2. The number of fused-ring (bicyclic) bond motifs is 1. The van der Waals surface area contributed by atoms with E-state index in [-0.39, 0.29) is 12.6 Å². The average Bonchev–Trinajstić information content (AvgIpc) is 3.07. The Balaban J connectivity index is 1.32. The van der Waals surface area contributed by atoms with Crippen LogP contribution in [-0.4, -0.2) is 42.5 Å². The molecule has 2 heterocycles. The van der Waals surface area contributed by atoms with Gasteiger partial charge in [-0.3, -0.25) is 14.5 Å². The molecule has 4 amide bonds. The molecule has 8 nitrogen and oxygen atoms in total. The zero-order chi connectivity index (χ0) is 25.8. The molecule has 2 N–H and O–H groups in total. The Labute approximate surface area is 215 Å². The van der Waals surface area contributed by atoms with Crippen molar-refractivity contribution in [3.8, 4) is 11.5 Å². The molecule has 1 saturated heterocycles. The second kappa shape index (κ2) is 10.3. The minimum atomic E-state index is -1.33. The van der Waals surface area contributed by atoms with E-state index in [2.05, 4.69) is 10.6 Å². The molecule has 0 saturated carbocycles. The molecule has 2 atom stereocenters. The summed E-state index contributed by atoms with van der Waals surface area (Å²) in [6, 6.07) is 23.7. The monoisotopic (exact) mass is 499 g/mol. The third-order valence-electron chi connectivity index (χ3n) is 6.72. The Bertz CT molecular complexity index is 1300. The molecule has 2 aliphatic heterocycles. The van der Waals surface area contributed by atoms with Gasteiger partial charge in [-0.25, -0.2) is 4.79 Å². The van der Waals surface area contributed by atoms with Gasteiger partial charge < -0.3 is 20.1 Å². The number of rotatable bonds is 7. The zero-order valence-corrected chi connectivity index (χ0v) is 20.6. The standard InChI is InChI=1S/C29H29N3O5/c1-29(22-13-14-24-25(18-22)37-16-8-15-36-24)27(34)32(28(35)31-29)19-26(33)30-23(21-11-6-3-7-12-21)17-20-9-4-2-5-10-20/h2-7,9-14,18,23H,8,15-17,19H2,1H3,(H,30,33)(H,31,35)/t23-,29+/m1/s1. The third-order valence-corrected chi connectivity index (χ3v) is 6.72.